The normalized spacial score (nSPS) is 17.7. The van der Waals surface area contributed by atoms with Crippen molar-refractivity contribution in [2.24, 2.45) is 5.92 Å². The molecule has 134 valence electrons. The van der Waals surface area contributed by atoms with Gasteiger partial charge in [0.2, 0.25) is 0 Å². The Kier molecular flexibility index (Phi) is 4.98. The van der Waals surface area contributed by atoms with Crippen LogP contribution in [0.15, 0.2) is 36.7 Å². The molecule has 1 saturated carbocycles. The minimum absolute atomic E-state index is 0.327. The molecule has 1 aliphatic heterocycles. The van der Waals surface area contributed by atoms with Gasteiger partial charge in [-0.25, -0.2) is 9.97 Å². The third-order valence-corrected chi connectivity index (χ3v) is 5.15. The molecular formula is C20H24N6. The maximum atomic E-state index is 9.07. The minimum atomic E-state index is 0.327. The van der Waals surface area contributed by atoms with Crippen LogP contribution in [0.3, 0.4) is 0 Å². The summed E-state index contributed by atoms with van der Waals surface area (Å²) in [6.07, 6.45) is 5.98. The quantitative estimate of drug-likeness (QED) is 0.865. The molecule has 0 amide bonds. The highest BCUT2D eigenvalue weighted by atomic mass is 15.3. The van der Waals surface area contributed by atoms with Crippen LogP contribution in [0.1, 0.15) is 24.1 Å². The molecule has 1 aromatic heterocycles. The smallest absolute Gasteiger partial charge is 0.182 e. The number of rotatable bonds is 6. The second-order valence-electron chi connectivity index (χ2n) is 7.12. The van der Waals surface area contributed by atoms with Gasteiger partial charge in [0.25, 0.3) is 0 Å². The van der Waals surface area contributed by atoms with Crippen LogP contribution in [-0.4, -0.2) is 47.6 Å². The van der Waals surface area contributed by atoms with E-state index in [0.717, 1.165) is 24.6 Å². The lowest BCUT2D eigenvalue weighted by molar-refractivity contribution is 0.248. The molecule has 0 spiro atoms. The zero-order valence-electron chi connectivity index (χ0n) is 14.9. The molecule has 0 unspecified atom stereocenters. The molecule has 1 aromatic carbocycles. The summed E-state index contributed by atoms with van der Waals surface area (Å²) in [7, 11) is 0. The Morgan fingerprint density at radius 2 is 1.77 bits per heavy atom. The molecule has 2 fully saturated rings. The summed E-state index contributed by atoms with van der Waals surface area (Å²) in [5, 5.41) is 12.3. The van der Waals surface area contributed by atoms with Crippen molar-refractivity contribution in [2.45, 2.75) is 19.4 Å². The van der Waals surface area contributed by atoms with E-state index in [-0.39, 0.29) is 0 Å². The first-order valence-corrected chi connectivity index (χ1v) is 9.33. The number of piperazine rings is 1. The molecule has 0 radical (unpaired) electrons. The van der Waals surface area contributed by atoms with Crippen molar-refractivity contribution in [1.82, 2.24) is 14.9 Å². The number of nitrogens with zero attached hydrogens (tertiary/aromatic N) is 5. The van der Waals surface area contributed by atoms with Crippen molar-refractivity contribution in [3.8, 4) is 6.07 Å². The number of aromatic nitrogens is 2. The summed E-state index contributed by atoms with van der Waals surface area (Å²) in [6, 6.07) is 10.7. The molecule has 2 aliphatic rings. The van der Waals surface area contributed by atoms with Gasteiger partial charge in [0.15, 0.2) is 11.5 Å². The van der Waals surface area contributed by atoms with Gasteiger partial charge in [0.1, 0.15) is 6.07 Å². The van der Waals surface area contributed by atoms with Gasteiger partial charge in [0, 0.05) is 57.3 Å². The van der Waals surface area contributed by atoms with Gasteiger partial charge in [-0.3, -0.25) is 4.90 Å². The molecule has 1 aliphatic carbocycles. The van der Waals surface area contributed by atoms with Crippen molar-refractivity contribution < 1.29 is 0 Å². The largest absolute Gasteiger partial charge is 0.369 e. The van der Waals surface area contributed by atoms with Crippen LogP contribution in [-0.2, 0) is 6.54 Å². The van der Waals surface area contributed by atoms with Gasteiger partial charge in [0.05, 0.1) is 0 Å². The SMILES string of the molecule is N#Cc1nccnc1NCc1ccc(N2CCN(CC3CC3)CC2)cc1. The maximum Gasteiger partial charge on any atom is 0.182 e. The van der Waals surface area contributed by atoms with Gasteiger partial charge >= 0.3 is 0 Å². The summed E-state index contributed by atoms with van der Waals surface area (Å²) in [5.74, 6) is 1.51. The molecule has 0 bridgehead atoms. The first-order chi connectivity index (χ1) is 12.8. The van der Waals surface area contributed by atoms with Crippen molar-refractivity contribution in [3.05, 3.63) is 47.9 Å². The molecule has 6 heteroatoms. The van der Waals surface area contributed by atoms with Crippen LogP contribution in [0.25, 0.3) is 0 Å². The van der Waals surface area contributed by atoms with E-state index in [4.69, 9.17) is 5.26 Å². The molecule has 1 N–H and O–H groups in total. The second kappa shape index (κ2) is 7.71. The molecule has 6 nitrogen and oxygen atoms in total. The first kappa shape index (κ1) is 16.8. The Hall–Kier alpha value is -2.65. The van der Waals surface area contributed by atoms with Crippen LogP contribution in [0.4, 0.5) is 11.5 Å². The number of benzene rings is 1. The van der Waals surface area contributed by atoms with Crippen molar-refractivity contribution in [3.63, 3.8) is 0 Å². The van der Waals surface area contributed by atoms with Gasteiger partial charge in [-0.1, -0.05) is 12.1 Å². The average molecular weight is 348 g/mol. The van der Waals surface area contributed by atoms with E-state index in [2.05, 4.69) is 55.4 Å². The summed E-state index contributed by atoms with van der Waals surface area (Å²) in [6.45, 7) is 6.48. The Balaban J connectivity index is 1.30. The fourth-order valence-electron chi connectivity index (χ4n) is 3.41. The lowest BCUT2D eigenvalue weighted by Gasteiger charge is -2.36. The van der Waals surface area contributed by atoms with E-state index in [1.165, 1.54) is 44.4 Å². The predicted octanol–water partition coefficient (Wildman–Crippen LogP) is 2.49. The van der Waals surface area contributed by atoms with Gasteiger partial charge in [-0.15, -0.1) is 0 Å². The zero-order valence-corrected chi connectivity index (χ0v) is 14.9. The second-order valence-corrected chi connectivity index (χ2v) is 7.12. The van der Waals surface area contributed by atoms with E-state index >= 15 is 0 Å². The van der Waals surface area contributed by atoms with E-state index < -0.39 is 0 Å². The fourth-order valence-corrected chi connectivity index (χ4v) is 3.41. The number of hydrogen-bond donors (Lipinski definition) is 1. The fraction of sp³-hybridized carbons (Fsp3) is 0.450. The van der Waals surface area contributed by atoms with Gasteiger partial charge < -0.3 is 10.2 Å². The highest BCUT2D eigenvalue weighted by Gasteiger charge is 2.26. The number of hydrogen-bond acceptors (Lipinski definition) is 6. The summed E-state index contributed by atoms with van der Waals surface area (Å²) >= 11 is 0. The summed E-state index contributed by atoms with van der Waals surface area (Å²) in [4.78, 5) is 13.3. The van der Waals surface area contributed by atoms with Crippen LogP contribution in [0, 0.1) is 17.2 Å². The van der Waals surface area contributed by atoms with Gasteiger partial charge in [-0.05, 0) is 36.5 Å². The molecule has 4 rings (SSSR count). The summed E-state index contributed by atoms with van der Waals surface area (Å²) in [5.41, 5.74) is 2.78. The molecule has 0 atom stereocenters. The van der Waals surface area contributed by atoms with Gasteiger partial charge in [-0.2, -0.15) is 5.26 Å². The molecule has 2 heterocycles. The zero-order chi connectivity index (χ0) is 17.8. The van der Waals surface area contributed by atoms with Crippen LogP contribution < -0.4 is 10.2 Å². The molecular weight excluding hydrogens is 324 g/mol. The van der Waals surface area contributed by atoms with Crippen LogP contribution >= 0.6 is 0 Å². The Morgan fingerprint density at radius 1 is 1.04 bits per heavy atom. The van der Waals surface area contributed by atoms with Crippen molar-refractivity contribution in [1.29, 1.82) is 5.26 Å². The Labute approximate surface area is 154 Å². The third kappa shape index (κ3) is 4.12. The third-order valence-electron chi connectivity index (χ3n) is 5.15. The first-order valence-electron chi connectivity index (χ1n) is 9.33. The van der Waals surface area contributed by atoms with E-state index in [9.17, 15) is 0 Å². The van der Waals surface area contributed by atoms with Crippen LogP contribution in [0.5, 0.6) is 0 Å². The van der Waals surface area contributed by atoms with Crippen molar-refractivity contribution >= 4 is 11.5 Å². The number of nitrogens with one attached hydrogen (secondary N) is 1. The van der Waals surface area contributed by atoms with E-state index in [1.54, 1.807) is 6.20 Å². The lowest BCUT2D eigenvalue weighted by atomic mass is 10.1. The highest BCUT2D eigenvalue weighted by Crippen LogP contribution is 2.30. The number of nitriles is 1. The molecule has 1 saturated heterocycles. The molecule has 2 aromatic rings. The average Bonchev–Trinajstić information content (AvgIpc) is 3.52. The topological polar surface area (TPSA) is 68.1 Å². The number of anilines is 2. The molecule has 26 heavy (non-hydrogen) atoms. The van der Waals surface area contributed by atoms with Crippen molar-refractivity contribution in [2.75, 3.05) is 42.9 Å². The highest BCUT2D eigenvalue weighted by molar-refractivity contribution is 5.50. The van der Waals surface area contributed by atoms with Crippen LogP contribution in [0.2, 0.25) is 0 Å². The summed E-state index contributed by atoms with van der Waals surface area (Å²) < 4.78 is 0. The van der Waals surface area contributed by atoms with E-state index in [0.29, 0.717) is 18.1 Å². The maximum absolute atomic E-state index is 9.07. The predicted molar refractivity (Wildman–Crippen MR) is 102 cm³/mol. The standard InChI is InChI=1S/C20H24N6/c21-13-19-20(23-8-7-22-19)24-14-16-3-5-18(6-4-16)26-11-9-25(10-12-26)15-17-1-2-17/h3-8,17H,1-2,9-12,14-15H2,(H,23,24). The monoisotopic (exact) mass is 348 g/mol. The Morgan fingerprint density at radius 3 is 2.46 bits per heavy atom. The minimum Gasteiger partial charge on any atom is -0.369 e. The lowest BCUT2D eigenvalue weighted by Crippen LogP contribution is -2.47. The van der Waals surface area contributed by atoms with E-state index in [1.807, 2.05) is 0 Å². The Bertz CT molecular complexity index is 770.